The molecular formula is C26H21F5N2O3. The molecule has 1 N–H and O–H groups in total. The number of pyridine rings is 1. The van der Waals surface area contributed by atoms with E-state index >= 15 is 0 Å². The molecule has 1 amide bonds. The molecule has 5 nitrogen and oxygen atoms in total. The summed E-state index contributed by atoms with van der Waals surface area (Å²) in [5, 5.41) is 2.76. The molecule has 0 spiro atoms. The number of nitrogens with one attached hydrogen (secondary N) is 1. The molecule has 188 valence electrons. The fourth-order valence-corrected chi connectivity index (χ4v) is 3.95. The van der Waals surface area contributed by atoms with Gasteiger partial charge in [-0.05, 0) is 54.3 Å². The van der Waals surface area contributed by atoms with Crippen LogP contribution in [0.3, 0.4) is 0 Å². The van der Waals surface area contributed by atoms with Crippen molar-refractivity contribution >= 4 is 17.9 Å². The Kier molecular flexibility index (Phi) is 6.55. The monoisotopic (exact) mass is 504 g/mol. The zero-order valence-electron chi connectivity index (χ0n) is 19.0. The molecule has 36 heavy (non-hydrogen) atoms. The number of aldehydes is 1. The highest BCUT2D eigenvalue weighted by Crippen LogP contribution is 2.49. The number of alkyl halides is 5. The van der Waals surface area contributed by atoms with Gasteiger partial charge in [0.05, 0.1) is 5.41 Å². The van der Waals surface area contributed by atoms with Crippen LogP contribution in [0.15, 0.2) is 60.8 Å². The second-order valence-corrected chi connectivity index (χ2v) is 8.52. The first kappa shape index (κ1) is 25.3. The van der Waals surface area contributed by atoms with Gasteiger partial charge in [-0.3, -0.25) is 14.6 Å². The zero-order valence-corrected chi connectivity index (χ0v) is 19.0. The van der Waals surface area contributed by atoms with Crippen molar-refractivity contribution in [1.29, 1.82) is 0 Å². The molecule has 10 heteroatoms. The second-order valence-electron chi connectivity index (χ2n) is 8.52. The Balaban J connectivity index is 1.51. The summed E-state index contributed by atoms with van der Waals surface area (Å²) in [6.07, 6.45) is -2.32. The van der Waals surface area contributed by atoms with Crippen LogP contribution in [0.1, 0.15) is 47.8 Å². The maximum Gasteiger partial charge on any atom is 0.573 e. The molecule has 0 radical (unpaired) electrons. The number of hydrogen-bond donors (Lipinski definition) is 1. The number of benzene rings is 2. The molecular weight excluding hydrogens is 483 g/mol. The van der Waals surface area contributed by atoms with Crippen molar-refractivity contribution in [3.05, 3.63) is 77.6 Å². The Morgan fingerprint density at radius 1 is 1.06 bits per heavy atom. The van der Waals surface area contributed by atoms with Crippen LogP contribution < -0.4 is 10.1 Å². The summed E-state index contributed by atoms with van der Waals surface area (Å²) < 4.78 is 68.7. The highest BCUT2D eigenvalue weighted by Gasteiger charge is 2.51. The molecule has 0 aliphatic heterocycles. The van der Waals surface area contributed by atoms with Crippen molar-refractivity contribution < 1.29 is 36.3 Å². The fourth-order valence-electron chi connectivity index (χ4n) is 3.95. The van der Waals surface area contributed by atoms with Crippen molar-refractivity contribution in [3.63, 3.8) is 0 Å². The van der Waals surface area contributed by atoms with Crippen LogP contribution in [0.25, 0.3) is 11.1 Å². The summed E-state index contributed by atoms with van der Waals surface area (Å²) >= 11 is 0. The van der Waals surface area contributed by atoms with Crippen LogP contribution in [0.5, 0.6) is 5.75 Å². The van der Waals surface area contributed by atoms with Gasteiger partial charge >= 0.3 is 6.36 Å². The van der Waals surface area contributed by atoms with E-state index in [1.807, 2.05) is 0 Å². The van der Waals surface area contributed by atoms with Crippen molar-refractivity contribution in [3.8, 4) is 16.9 Å². The minimum Gasteiger partial charge on any atom is -0.406 e. The Morgan fingerprint density at radius 3 is 2.28 bits per heavy atom. The van der Waals surface area contributed by atoms with Crippen LogP contribution in [0.4, 0.5) is 27.6 Å². The van der Waals surface area contributed by atoms with Gasteiger partial charge in [0.15, 0.2) is 6.29 Å². The molecule has 0 bridgehead atoms. The highest BCUT2D eigenvalue weighted by atomic mass is 19.4. The van der Waals surface area contributed by atoms with E-state index in [9.17, 15) is 31.5 Å². The van der Waals surface area contributed by atoms with Gasteiger partial charge in [-0.2, -0.15) is 8.78 Å². The number of aromatic nitrogens is 1. The van der Waals surface area contributed by atoms with E-state index in [4.69, 9.17) is 0 Å². The average molecular weight is 504 g/mol. The number of halogens is 5. The standard InChI is InChI=1S/C26H21F5N2O3/c1-2-25(27,28)22-10-3-16(14-32-22)21-9-6-19(13-17(21)15-34)33-23(35)24(11-12-24)18-4-7-20(8-5-18)36-26(29,30)31/h3-10,13-15H,2,11-12H2,1H3,(H,33,35). The number of anilines is 1. The zero-order chi connectivity index (χ0) is 26.1. The Labute approximate surface area is 203 Å². The van der Waals surface area contributed by atoms with Gasteiger partial charge in [-0.25, -0.2) is 0 Å². The summed E-state index contributed by atoms with van der Waals surface area (Å²) in [5.41, 5.74) is 0.795. The molecule has 1 saturated carbocycles. The van der Waals surface area contributed by atoms with Crippen LogP contribution in [0, 0.1) is 0 Å². The van der Waals surface area contributed by atoms with Gasteiger partial charge in [0.1, 0.15) is 11.4 Å². The van der Waals surface area contributed by atoms with E-state index in [1.54, 1.807) is 12.1 Å². The van der Waals surface area contributed by atoms with Crippen LogP contribution in [-0.4, -0.2) is 23.5 Å². The van der Waals surface area contributed by atoms with E-state index in [0.717, 1.165) is 12.1 Å². The lowest BCUT2D eigenvalue weighted by Crippen LogP contribution is -2.28. The third-order valence-electron chi connectivity index (χ3n) is 6.15. The first-order valence-corrected chi connectivity index (χ1v) is 11.1. The summed E-state index contributed by atoms with van der Waals surface area (Å²) in [5.74, 6) is -3.79. The summed E-state index contributed by atoms with van der Waals surface area (Å²) in [6.45, 7) is 1.36. The molecule has 0 unspecified atom stereocenters. The molecule has 1 aliphatic rings. The van der Waals surface area contributed by atoms with E-state index < -0.39 is 17.7 Å². The Bertz CT molecular complexity index is 1270. The predicted molar refractivity (Wildman–Crippen MR) is 122 cm³/mol. The molecule has 1 aromatic heterocycles. The lowest BCUT2D eigenvalue weighted by atomic mass is 9.94. The number of rotatable bonds is 8. The maximum absolute atomic E-state index is 13.8. The Hall–Kier alpha value is -3.82. The molecule has 1 fully saturated rings. The molecule has 0 atom stereocenters. The third kappa shape index (κ3) is 5.22. The smallest absolute Gasteiger partial charge is 0.406 e. The maximum atomic E-state index is 13.8. The van der Waals surface area contributed by atoms with Crippen molar-refractivity contribution in [2.24, 2.45) is 0 Å². The molecule has 4 rings (SSSR count). The van der Waals surface area contributed by atoms with Gasteiger partial charge in [-0.1, -0.05) is 31.2 Å². The third-order valence-corrected chi connectivity index (χ3v) is 6.15. The van der Waals surface area contributed by atoms with Crippen molar-refractivity contribution in [2.75, 3.05) is 5.32 Å². The number of carbonyl (C=O) groups is 2. The quantitative estimate of drug-likeness (QED) is 0.276. The van der Waals surface area contributed by atoms with Gasteiger partial charge in [0.2, 0.25) is 5.91 Å². The number of carbonyl (C=O) groups excluding carboxylic acids is 2. The number of amides is 1. The van der Waals surface area contributed by atoms with Crippen LogP contribution >= 0.6 is 0 Å². The lowest BCUT2D eigenvalue weighted by Gasteiger charge is -2.17. The average Bonchev–Trinajstić information content (AvgIpc) is 3.66. The second kappa shape index (κ2) is 9.33. The number of ether oxygens (including phenoxy) is 1. The lowest BCUT2D eigenvalue weighted by molar-refractivity contribution is -0.274. The van der Waals surface area contributed by atoms with E-state index in [0.29, 0.717) is 41.5 Å². The summed E-state index contributed by atoms with van der Waals surface area (Å²) in [4.78, 5) is 28.6. The van der Waals surface area contributed by atoms with Gasteiger partial charge in [0.25, 0.3) is 5.92 Å². The molecule has 0 saturated heterocycles. The molecule has 3 aromatic rings. The van der Waals surface area contributed by atoms with Gasteiger partial charge in [-0.15, -0.1) is 13.2 Å². The molecule has 1 heterocycles. The molecule has 1 aliphatic carbocycles. The SMILES string of the molecule is CCC(F)(F)c1ccc(-c2ccc(NC(=O)C3(c4ccc(OC(F)(F)F)cc4)CC3)cc2C=O)cn1. The largest absolute Gasteiger partial charge is 0.573 e. The first-order valence-electron chi connectivity index (χ1n) is 11.1. The normalized spacial score (nSPS) is 14.7. The van der Waals surface area contributed by atoms with E-state index in [-0.39, 0.29) is 29.3 Å². The summed E-state index contributed by atoms with van der Waals surface area (Å²) in [7, 11) is 0. The van der Waals surface area contributed by atoms with Crippen molar-refractivity contribution in [2.45, 2.75) is 43.9 Å². The van der Waals surface area contributed by atoms with Crippen LogP contribution in [-0.2, 0) is 16.1 Å². The highest BCUT2D eigenvalue weighted by molar-refractivity contribution is 6.02. The van der Waals surface area contributed by atoms with Gasteiger partial charge < -0.3 is 10.1 Å². The predicted octanol–water partition coefficient (Wildman–Crippen LogP) is 6.63. The summed E-state index contributed by atoms with van der Waals surface area (Å²) in [6, 6.07) is 12.4. The molecule has 2 aromatic carbocycles. The topological polar surface area (TPSA) is 68.3 Å². The number of nitrogens with zero attached hydrogens (tertiary/aromatic N) is 1. The van der Waals surface area contributed by atoms with E-state index in [2.05, 4.69) is 15.0 Å². The number of hydrogen-bond acceptors (Lipinski definition) is 4. The van der Waals surface area contributed by atoms with E-state index in [1.165, 1.54) is 43.5 Å². The minimum absolute atomic E-state index is 0.225. The minimum atomic E-state index is -4.81. The first-order chi connectivity index (χ1) is 17.0. The van der Waals surface area contributed by atoms with Gasteiger partial charge in [0, 0.05) is 29.4 Å². The van der Waals surface area contributed by atoms with Crippen molar-refractivity contribution in [1.82, 2.24) is 4.98 Å². The fraction of sp³-hybridized carbons (Fsp3) is 0.269. The van der Waals surface area contributed by atoms with Crippen LogP contribution in [0.2, 0.25) is 0 Å². The Morgan fingerprint density at radius 2 is 1.75 bits per heavy atom.